The molecule has 0 atom stereocenters. The first kappa shape index (κ1) is 19.3. The third kappa shape index (κ3) is 3.51. The van der Waals surface area contributed by atoms with Crippen molar-refractivity contribution < 1.29 is 14.7 Å². The third-order valence-electron chi connectivity index (χ3n) is 4.63. The molecule has 0 radical (unpaired) electrons. The SMILES string of the molecule is CC(=O)c1cc(C(=O)c2ccccc2O)cn(-c2ccccc2C(C)C)c1=O. The van der Waals surface area contributed by atoms with E-state index in [0.29, 0.717) is 5.69 Å². The minimum absolute atomic E-state index is 0.0696. The van der Waals surface area contributed by atoms with Crippen LogP contribution in [0.2, 0.25) is 0 Å². The Labute approximate surface area is 162 Å². The lowest BCUT2D eigenvalue weighted by Crippen LogP contribution is -2.26. The number of carbonyl (C=O) groups is 2. The van der Waals surface area contributed by atoms with E-state index in [4.69, 9.17) is 0 Å². The number of aromatic hydroxyl groups is 1. The van der Waals surface area contributed by atoms with Crippen LogP contribution < -0.4 is 5.56 Å². The van der Waals surface area contributed by atoms with Crippen molar-refractivity contribution in [3.8, 4) is 11.4 Å². The van der Waals surface area contributed by atoms with Gasteiger partial charge in [0.25, 0.3) is 5.56 Å². The van der Waals surface area contributed by atoms with E-state index < -0.39 is 17.1 Å². The van der Waals surface area contributed by atoms with Gasteiger partial charge in [0.15, 0.2) is 11.6 Å². The molecule has 0 spiro atoms. The molecular formula is C23H21NO4. The van der Waals surface area contributed by atoms with E-state index in [9.17, 15) is 19.5 Å². The second-order valence-electron chi connectivity index (χ2n) is 6.93. The Hall–Kier alpha value is -3.47. The molecule has 0 bridgehead atoms. The molecule has 1 N–H and O–H groups in total. The summed E-state index contributed by atoms with van der Waals surface area (Å²) in [7, 11) is 0. The molecule has 3 aromatic rings. The van der Waals surface area contributed by atoms with Gasteiger partial charge in [-0.2, -0.15) is 0 Å². The van der Waals surface area contributed by atoms with Crippen LogP contribution in [0.25, 0.3) is 5.69 Å². The first-order chi connectivity index (χ1) is 13.3. The lowest BCUT2D eigenvalue weighted by Gasteiger charge is -2.16. The van der Waals surface area contributed by atoms with Gasteiger partial charge < -0.3 is 5.11 Å². The van der Waals surface area contributed by atoms with Crippen molar-refractivity contribution >= 4 is 11.6 Å². The number of rotatable bonds is 5. The number of pyridine rings is 1. The molecule has 142 valence electrons. The van der Waals surface area contributed by atoms with Gasteiger partial charge in [0.05, 0.1) is 16.8 Å². The quantitative estimate of drug-likeness (QED) is 0.681. The summed E-state index contributed by atoms with van der Waals surface area (Å²) in [5.74, 6) is -0.900. The Morgan fingerprint density at radius 2 is 1.61 bits per heavy atom. The van der Waals surface area contributed by atoms with E-state index in [-0.39, 0.29) is 28.4 Å². The fourth-order valence-corrected chi connectivity index (χ4v) is 3.15. The minimum Gasteiger partial charge on any atom is -0.507 e. The molecule has 0 aliphatic heterocycles. The summed E-state index contributed by atoms with van der Waals surface area (Å²) >= 11 is 0. The zero-order valence-corrected chi connectivity index (χ0v) is 16.0. The number of para-hydroxylation sites is 2. The van der Waals surface area contributed by atoms with E-state index in [0.717, 1.165) is 5.56 Å². The number of carbonyl (C=O) groups excluding carboxylic acids is 2. The molecule has 1 aromatic heterocycles. The lowest BCUT2D eigenvalue weighted by molar-refractivity contribution is 0.101. The zero-order chi connectivity index (χ0) is 20.4. The number of aromatic nitrogens is 1. The van der Waals surface area contributed by atoms with E-state index in [2.05, 4.69) is 0 Å². The highest BCUT2D eigenvalue weighted by molar-refractivity contribution is 6.11. The maximum absolute atomic E-state index is 13.0. The highest BCUT2D eigenvalue weighted by Crippen LogP contribution is 2.24. The molecule has 0 saturated heterocycles. The molecule has 0 fully saturated rings. The predicted molar refractivity (Wildman–Crippen MR) is 108 cm³/mol. The second-order valence-corrected chi connectivity index (χ2v) is 6.93. The number of hydrogen-bond acceptors (Lipinski definition) is 4. The number of Topliss-reactive ketones (excluding diaryl/α,β-unsaturated/α-hetero) is 1. The summed E-state index contributed by atoms with van der Waals surface area (Å²) in [5, 5.41) is 10.0. The van der Waals surface area contributed by atoms with Gasteiger partial charge in [0.1, 0.15) is 5.75 Å². The van der Waals surface area contributed by atoms with E-state index in [1.54, 1.807) is 24.3 Å². The Kier molecular flexibility index (Phi) is 5.27. The number of ketones is 2. The van der Waals surface area contributed by atoms with Crippen molar-refractivity contribution in [2.75, 3.05) is 0 Å². The molecule has 0 unspecified atom stereocenters. The first-order valence-electron chi connectivity index (χ1n) is 9.01. The van der Waals surface area contributed by atoms with Crippen LogP contribution >= 0.6 is 0 Å². The molecule has 0 saturated carbocycles. The summed E-state index contributed by atoms with van der Waals surface area (Å²) in [4.78, 5) is 38.0. The third-order valence-corrected chi connectivity index (χ3v) is 4.63. The maximum Gasteiger partial charge on any atom is 0.265 e. The lowest BCUT2D eigenvalue weighted by atomic mass is 9.99. The molecule has 3 rings (SSSR count). The number of phenols is 1. The molecule has 1 heterocycles. The standard InChI is InChI=1S/C23H21NO4/c1-14(2)17-8-4-6-10-20(17)24-13-16(12-19(15(3)25)23(24)28)22(27)18-9-5-7-11-21(18)26/h4-14,26H,1-3H3. The normalized spacial score (nSPS) is 10.9. The highest BCUT2D eigenvalue weighted by atomic mass is 16.3. The highest BCUT2D eigenvalue weighted by Gasteiger charge is 2.20. The smallest absolute Gasteiger partial charge is 0.265 e. The molecular weight excluding hydrogens is 354 g/mol. The van der Waals surface area contributed by atoms with Gasteiger partial charge in [-0.15, -0.1) is 0 Å². The average molecular weight is 375 g/mol. The van der Waals surface area contributed by atoms with E-state index in [1.165, 1.54) is 35.9 Å². The topological polar surface area (TPSA) is 76.4 Å². The van der Waals surface area contributed by atoms with Crippen molar-refractivity contribution in [2.24, 2.45) is 0 Å². The number of hydrogen-bond donors (Lipinski definition) is 1. The number of nitrogens with zero attached hydrogens (tertiary/aromatic N) is 1. The fourth-order valence-electron chi connectivity index (χ4n) is 3.15. The Morgan fingerprint density at radius 3 is 2.25 bits per heavy atom. The summed E-state index contributed by atoms with van der Waals surface area (Å²) in [6.07, 6.45) is 1.44. The predicted octanol–water partition coefficient (Wildman–Crippen LogP) is 4.10. The van der Waals surface area contributed by atoms with Crippen LogP contribution in [-0.2, 0) is 0 Å². The minimum atomic E-state index is -0.477. The Bertz CT molecular complexity index is 1130. The van der Waals surface area contributed by atoms with Gasteiger partial charge in [-0.3, -0.25) is 19.0 Å². The van der Waals surface area contributed by atoms with E-state index >= 15 is 0 Å². The van der Waals surface area contributed by atoms with Crippen molar-refractivity contribution in [1.29, 1.82) is 0 Å². The first-order valence-corrected chi connectivity index (χ1v) is 9.01. The molecule has 5 nitrogen and oxygen atoms in total. The van der Waals surface area contributed by atoms with Crippen molar-refractivity contribution in [1.82, 2.24) is 4.57 Å². The summed E-state index contributed by atoms with van der Waals surface area (Å²) in [5.41, 5.74) is 1.27. The van der Waals surface area contributed by atoms with Crippen LogP contribution in [0.3, 0.4) is 0 Å². The van der Waals surface area contributed by atoms with Crippen LogP contribution in [0.5, 0.6) is 5.75 Å². The summed E-state index contributed by atoms with van der Waals surface area (Å²) < 4.78 is 1.35. The van der Waals surface area contributed by atoms with Crippen LogP contribution in [0.4, 0.5) is 0 Å². The largest absolute Gasteiger partial charge is 0.507 e. The summed E-state index contributed by atoms with van der Waals surface area (Å²) in [6.45, 7) is 5.31. The second kappa shape index (κ2) is 7.64. The molecule has 0 amide bonds. The van der Waals surface area contributed by atoms with Gasteiger partial charge in [0.2, 0.25) is 0 Å². The van der Waals surface area contributed by atoms with Crippen LogP contribution in [-0.4, -0.2) is 21.2 Å². The Morgan fingerprint density at radius 1 is 0.964 bits per heavy atom. The van der Waals surface area contributed by atoms with Crippen LogP contribution in [0.15, 0.2) is 65.6 Å². The van der Waals surface area contributed by atoms with Crippen LogP contribution in [0.1, 0.15) is 58.5 Å². The van der Waals surface area contributed by atoms with Crippen molar-refractivity contribution in [2.45, 2.75) is 26.7 Å². The summed E-state index contributed by atoms with van der Waals surface area (Å²) in [6, 6.07) is 14.9. The fraction of sp³-hybridized carbons (Fsp3) is 0.174. The van der Waals surface area contributed by atoms with Crippen molar-refractivity contribution in [3.05, 3.63) is 93.4 Å². The van der Waals surface area contributed by atoms with Crippen LogP contribution in [0, 0.1) is 0 Å². The monoisotopic (exact) mass is 375 g/mol. The number of benzene rings is 2. The van der Waals surface area contributed by atoms with Crippen molar-refractivity contribution in [3.63, 3.8) is 0 Å². The molecule has 0 aliphatic rings. The molecule has 2 aromatic carbocycles. The number of phenolic OH excluding ortho intramolecular Hbond substituents is 1. The molecule has 28 heavy (non-hydrogen) atoms. The molecule has 0 aliphatic carbocycles. The zero-order valence-electron chi connectivity index (χ0n) is 16.0. The van der Waals surface area contributed by atoms with Gasteiger partial charge in [-0.05, 0) is 42.7 Å². The van der Waals surface area contributed by atoms with E-state index in [1.807, 2.05) is 26.0 Å². The molecule has 5 heteroatoms. The van der Waals surface area contributed by atoms with Gasteiger partial charge in [-0.25, -0.2) is 0 Å². The Balaban J connectivity index is 2.29. The van der Waals surface area contributed by atoms with Gasteiger partial charge in [-0.1, -0.05) is 44.2 Å². The van der Waals surface area contributed by atoms with Gasteiger partial charge in [0, 0.05) is 11.8 Å². The van der Waals surface area contributed by atoms with Gasteiger partial charge >= 0.3 is 0 Å². The maximum atomic E-state index is 13.0. The average Bonchev–Trinajstić information content (AvgIpc) is 2.67.